The molecule has 1 fully saturated rings. The Labute approximate surface area is 86.9 Å². The van der Waals surface area contributed by atoms with Gasteiger partial charge in [0.05, 0.1) is 0 Å². The summed E-state index contributed by atoms with van der Waals surface area (Å²) < 4.78 is 4.94. The average Bonchev–Trinajstić information content (AvgIpc) is 2.41. The number of hydrogen-bond acceptors (Lipinski definition) is 1. The summed E-state index contributed by atoms with van der Waals surface area (Å²) in [6, 6.07) is 0. The smallest absolute Gasteiger partial charge is 0.137 e. The zero-order valence-electron chi connectivity index (χ0n) is 5.90. The van der Waals surface area contributed by atoms with Crippen molar-refractivity contribution in [2.24, 2.45) is 0 Å². The van der Waals surface area contributed by atoms with Crippen LogP contribution in [0.2, 0.25) is 0 Å². The summed E-state index contributed by atoms with van der Waals surface area (Å²) in [5, 5.41) is 0. The van der Waals surface area contributed by atoms with Crippen molar-refractivity contribution >= 4 is 46.4 Å². The van der Waals surface area contributed by atoms with E-state index >= 15 is 0 Å². The number of halogens is 4. The second-order valence-electron chi connectivity index (χ2n) is 1.99. The van der Waals surface area contributed by atoms with E-state index in [1.807, 2.05) is 0 Å². The maximum Gasteiger partial charge on any atom is 0.137 e. The maximum absolute atomic E-state index is 5.11. The summed E-state index contributed by atoms with van der Waals surface area (Å²) in [5.41, 5.74) is 0. The summed E-state index contributed by atoms with van der Waals surface area (Å²) >= 11 is 20.5. The summed E-state index contributed by atoms with van der Waals surface area (Å²) in [4.78, 5) is -1.35. The first-order chi connectivity index (χ1) is 5.14. The standard InChI is InChI=1S/C4H8O.C2H2Cl4/c1-2-4-5-3-1;3-1(4)2(5)6/h1-4H2;1-2H. The van der Waals surface area contributed by atoms with Gasteiger partial charge in [-0.15, -0.1) is 46.4 Å². The highest BCUT2D eigenvalue weighted by Crippen LogP contribution is 2.16. The van der Waals surface area contributed by atoms with E-state index in [0.717, 1.165) is 13.2 Å². The monoisotopic (exact) mass is 238 g/mol. The predicted molar refractivity (Wildman–Crippen MR) is 51.0 cm³/mol. The molecule has 0 saturated carbocycles. The fourth-order valence-corrected chi connectivity index (χ4v) is 0.510. The lowest BCUT2D eigenvalue weighted by atomic mass is 10.4. The topological polar surface area (TPSA) is 9.23 Å². The molecule has 1 aliphatic rings. The van der Waals surface area contributed by atoms with E-state index in [-0.39, 0.29) is 0 Å². The van der Waals surface area contributed by atoms with Crippen molar-refractivity contribution in [1.29, 1.82) is 0 Å². The molecule has 0 bridgehead atoms. The van der Waals surface area contributed by atoms with Crippen molar-refractivity contribution < 1.29 is 4.74 Å². The third kappa shape index (κ3) is 9.03. The van der Waals surface area contributed by atoms with Gasteiger partial charge >= 0.3 is 0 Å². The van der Waals surface area contributed by atoms with E-state index in [0.29, 0.717) is 0 Å². The molecule has 1 saturated heterocycles. The van der Waals surface area contributed by atoms with Gasteiger partial charge < -0.3 is 4.74 Å². The van der Waals surface area contributed by atoms with Gasteiger partial charge in [-0.25, -0.2) is 0 Å². The van der Waals surface area contributed by atoms with Crippen LogP contribution in [0.1, 0.15) is 12.8 Å². The molecule has 0 aromatic heterocycles. The van der Waals surface area contributed by atoms with Crippen molar-refractivity contribution in [3.63, 3.8) is 0 Å². The second-order valence-corrected chi connectivity index (χ2v) is 4.32. The Morgan fingerprint density at radius 1 is 0.818 bits per heavy atom. The minimum absolute atomic E-state index is 0.673. The van der Waals surface area contributed by atoms with Crippen molar-refractivity contribution in [1.82, 2.24) is 0 Å². The molecule has 0 N–H and O–H groups in total. The Hall–Kier alpha value is 1.12. The molecule has 0 aromatic rings. The molecule has 68 valence electrons. The van der Waals surface area contributed by atoms with Gasteiger partial charge in [-0.05, 0) is 12.8 Å². The highest BCUT2D eigenvalue weighted by molar-refractivity contribution is 6.56. The number of alkyl halides is 4. The lowest BCUT2D eigenvalue weighted by molar-refractivity contribution is 0.198. The first-order valence-corrected chi connectivity index (χ1v) is 5.03. The maximum atomic E-state index is 5.11. The van der Waals surface area contributed by atoms with Crippen molar-refractivity contribution in [2.45, 2.75) is 22.5 Å². The summed E-state index contributed by atoms with van der Waals surface area (Å²) in [6.07, 6.45) is 2.56. The molecule has 1 heterocycles. The van der Waals surface area contributed by atoms with E-state index in [1.165, 1.54) is 12.8 Å². The van der Waals surface area contributed by atoms with Crippen LogP contribution < -0.4 is 0 Å². The van der Waals surface area contributed by atoms with Gasteiger partial charge in [0.2, 0.25) is 0 Å². The lowest BCUT2D eigenvalue weighted by Gasteiger charge is -1.95. The normalized spacial score (nSPS) is 16.9. The van der Waals surface area contributed by atoms with Crippen LogP contribution in [-0.2, 0) is 4.74 Å². The van der Waals surface area contributed by atoms with Crippen LogP contribution in [0.15, 0.2) is 0 Å². The van der Waals surface area contributed by atoms with Crippen LogP contribution in [0, 0.1) is 0 Å². The molecule has 11 heavy (non-hydrogen) atoms. The lowest BCUT2D eigenvalue weighted by Crippen LogP contribution is -1.96. The van der Waals surface area contributed by atoms with Crippen LogP contribution in [-0.4, -0.2) is 22.9 Å². The van der Waals surface area contributed by atoms with Gasteiger partial charge in [0, 0.05) is 13.2 Å². The van der Waals surface area contributed by atoms with Crippen LogP contribution in [0.5, 0.6) is 0 Å². The fourth-order valence-electron chi connectivity index (χ4n) is 0.510. The molecule has 1 nitrogen and oxygen atoms in total. The van der Waals surface area contributed by atoms with E-state index in [1.54, 1.807) is 0 Å². The molecule has 1 aliphatic heterocycles. The molecule has 0 unspecified atom stereocenters. The van der Waals surface area contributed by atoms with Crippen LogP contribution in [0.3, 0.4) is 0 Å². The molecule has 1 rings (SSSR count). The molecule has 0 atom stereocenters. The zero-order valence-corrected chi connectivity index (χ0v) is 8.93. The predicted octanol–water partition coefficient (Wildman–Crippen LogP) is 3.39. The van der Waals surface area contributed by atoms with Gasteiger partial charge in [0.1, 0.15) is 9.67 Å². The van der Waals surface area contributed by atoms with Crippen LogP contribution in [0.4, 0.5) is 0 Å². The molecule has 5 heteroatoms. The number of hydrogen-bond donors (Lipinski definition) is 0. The van der Waals surface area contributed by atoms with E-state index < -0.39 is 9.67 Å². The second kappa shape index (κ2) is 7.75. The third-order valence-electron chi connectivity index (χ3n) is 1.02. The molecule has 0 spiro atoms. The Morgan fingerprint density at radius 2 is 1.18 bits per heavy atom. The van der Waals surface area contributed by atoms with E-state index in [4.69, 9.17) is 51.1 Å². The van der Waals surface area contributed by atoms with Crippen molar-refractivity contribution in [3.8, 4) is 0 Å². The summed E-state index contributed by atoms with van der Waals surface area (Å²) in [7, 11) is 0. The molecular weight excluding hydrogens is 230 g/mol. The van der Waals surface area contributed by atoms with Gasteiger partial charge in [0.15, 0.2) is 0 Å². The Bertz CT molecular complexity index is 69.0. The molecule has 0 aromatic carbocycles. The van der Waals surface area contributed by atoms with Gasteiger partial charge in [-0.2, -0.15) is 0 Å². The molecular formula is C6H10Cl4O. The minimum Gasteiger partial charge on any atom is -0.381 e. The summed E-state index contributed by atoms with van der Waals surface area (Å²) in [6.45, 7) is 2.00. The quantitative estimate of drug-likeness (QED) is 0.638. The van der Waals surface area contributed by atoms with E-state index in [2.05, 4.69) is 0 Å². The van der Waals surface area contributed by atoms with E-state index in [9.17, 15) is 0 Å². The Kier molecular flexibility index (Phi) is 8.54. The summed E-state index contributed by atoms with van der Waals surface area (Å²) in [5.74, 6) is 0. The highest BCUT2D eigenvalue weighted by Gasteiger charge is 2.06. The molecule has 0 aliphatic carbocycles. The molecule has 0 radical (unpaired) electrons. The van der Waals surface area contributed by atoms with Crippen molar-refractivity contribution in [3.05, 3.63) is 0 Å². The van der Waals surface area contributed by atoms with Crippen LogP contribution in [0.25, 0.3) is 0 Å². The van der Waals surface area contributed by atoms with Crippen LogP contribution >= 0.6 is 46.4 Å². The van der Waals surface area contributed by atoms with Gasteiger partial charge in [-0.1, -0.05) is 0 Å². The van der Waals surface area contributed by atoms with Gasteiger partial charge in [-0.3, -0.25) is 0 Å². The minimum atomic E-state index is -0.673. The number of ether oxygens (including phenoxy) is 1. The zero-order chi connectivity index (χ0) is 8.69. The first kappa shape index (κ1) is 12.1. The third-order valence-corrected chi connectivity index (χ3v) is 2.54. The fraction of sp³-hybridized carbons (Fsp3) is 1.00. The highest BCUT2D eigenvalue weighted by atomic mass is 35.5. The SMILES string of the molecule is C1CCOC1.ClC(Cl)C(Cl)Cl. The average molecular weight is 240 g/mol. The largest absolute Gasteiger partial charge is 0.381 e. The first-order valence-electron chi connectivity index (χ1n) is 3.28. The number of rotatable bonds is 1. The molecule has 0 amide bonds. The Morgan fingerprint density at radius 3 is 1.27 bits per heavy atom. The van der Waals surface area contributed by atoms with Gasteiger partial charge in [0.25, 0.3) is 0 Å². The Balaban J connectivity index is 0.000000183. The van der Waals surface area contributed by atoms with Crippen molar-refractivity contribution in [2.75, 3.05) is 13.2 Å².